The summed E-state index contributed by atoms with van der Waals surface area (Å²) in [5, 5.41) is 13.3. The van der Waals surface area contributed by atoms with Crippen molar-refractivity contribution in [2.75, 3.05) is 6.61 Å². The summed E-state index contributed by atoms with van der Waals surface area (Å²) in [6, 6.07) is 9.20. The fourth-order valence-electron chi connectivity index (χ4n) is 1.62. The molecule has 1 aromatic heterocycles. The highest BCUT2D eigenvalue weighted by atomic mass is 16.6. The highest BCUT2D eigenvalue weighted by Gasteiger charge is 2.22. The third kappa shape index (κ3) is 3.88. The molecule has 0 saturated carbocycles. The van der Waals surface area contributed by atoms with Gasteiger partial charge in [-0.05, 0) is 5.56 Å². The molecule has 22 heavy (non-hydrogen) atoms. The van der Waals surface area contributed by atoms with Crippen molar-refractivity contribution in [3.8, 4) is 5.88 Å². The molecule has 9 nitrogen and oxygen atoms in total. The van der Waals surface area contributed by atoms with E-state index in [1.165, 1.54) is 0 Å². The lowest BCUT2D eigenvalue weighted by atomic mass is 10.2. The van der Waals surface area contributed by atoms with Gasteiger partial charge < -0.3 is 15.0 Å². The summed E-state index contributed by atoms with van der Waals surface area (Å²) in [4.78, 5) is 38.4. The SMILES string of the molecule is O=C(COc1nc[nH]c(=O)c1[N+](=O)[O-])NCc1ccccc1. The number of hydrogen-bond donors (Lipinski definition) is 2. The number of rotatable bonds is 6. The van der Waals surface area contributed by atoms with Crippen molar-refractivity contribution in [1.82, 2.24) is 15.3 Å². The first-order chi connectivity index (χ1) is 10.6. The number of nitro groups is 1. The van der Waals surface area contributed by atoms with Crippen LogP contribution in [0.5, 0.6) is 5.88 Å². The number of nitrogens with zero attached hydrogens (tertiary/aromatic N) is 2. The van der Waals surface area contributed by atoms with Gasteiger partial charge in [-0.1, -0.05) is 30.3 Å². The molecular formula is C13H12N4O5. The highest BCUT2D eigenvalue weighted by Crippen LogP contribution is 2.17. The van der Waals surface area contributed by atoms with E-state index in [1.807, 2.05) is 30.3 Å². The van der Waals surface area contributed by atoms with Crippen molar-refractivity contribution in [2.45, 2.75) is 6.54 Å². The lowest BCUT2D eigenvalue weighted by molar-refractivity contribution is -0.387. The number of carbonyl (C=O) groups excluding carboxylic acids is 1. The molecule has 0 spiro atoms. The fraction of sp³-hybridized carbons (Fsp3) is 0.154. The lowest BCUT2D eigenvalue weighted by Crippen LogP contribution is -2.29. The van der Waals surface area contributed by atoms with Crippen LogP contribution in [0.25, 0.3) is 0 Å². The molecule has 0 aliphatic carbocycles. The van der Waals surface area contributed by atoms with Gasteiger partial charge in [-0.15, -0.1) is 0 Å². The van der Waals surface area contributed by atoms with Crippen molar-refractivity contribution in [1.29, 1.82) is 0 Å². The van der Waals surface area contributed by atoms with Gasteiger partial charge in [0.1, 0.15) is 0 Å². The van der Waals surface area contributed by atoms with E-state index >= 15 is 0 Å². The van der Waals surface area contributed by atoms with E-state index in [0.29, 0.717) is 6.54 Å². The number of aromatic nitrogens is 2. The summed E-state index contributed by atoms with van der Waals surface area (Å²) < 4.78 is 4.94. The maximum absolute atomic E-state index is 11.6. The van der Waals surface area contributed by atoms with Gasteiger partial charge in [-0.2, -0.15) is 4.98 Å². The maximum atomic E-state index is 11.6. The molecule has 0 aliphatic heterocycles. The molecule has 0 bridgehead atoms. The predicted molar refractivity (Wildman–Crippen MR) is 75.3 cm³/mol. The second kappa shape index (κ2) is 6.97. The third-order valence-corrected chi connectivity index (χ3v) is 2.65. The first-order valence-electron chi connectivity index (χ1n) is 6.23. The molecule has 0 fully saturated rings. The minimum absolute atomic E-state index is 0.300. The van der Waals surface area contributed by atoms with Gasteiger partial charge in [-0.25, -0.2) is 0 Å². The number of aromatic amines is 1. The summed E-state index contributed by atoms with van der Waals surface area (Å²) in [5.41, 5.74) is -0.880. The quantitative estimate of drug-likeness (QED) is 0.586. The molecule has 1 heterocycles. The fourth-order valence-corrected chi connectivity index (χ4v) is 1.62. The molecule has 0 atom stereocenters. The number of carbonyl (C=O) groups is 1. The van der Waals surface area contributed by atoms with Gasteiger partial charge in [0.2, 0.25) is 0 Å². The van der Waals surface area contributed by atoms with Crippen LogP contribution in [0.3, 0.4) is 0 Å². The lowest BCUT2D eigenvalue weighted by Gasteiger charge is -2.06. The van der Waals surface area contributed by atoms with Gasteiger partial charge >= 0.3 is 17.1 Å². The Hall–Kier alpha value is -3.23. The topological polar surface area (TPSA) is 127 Å². The summed E-state index contributed by atoms with van der Waals surface area (Å²) >= 11 is 0. The van der Waals surface area contributed by atoms with Crippen molar-refractivity contribution in [3.05, 3.63) is 62.7 Å². The van der Waals surface area contributed by atoms with Gasteiger partial charge in [0.05, 0.1) is 11.3 Å². The van der Waals surface area contributed by atoms with E-state index < -0.39 is 34.6 Å². The smallest absolute Gasteiger partial charge is 0.395 e. The molecule has 114 valence electrons. The van der Waals surface area contributed by atoms with E-state index in [0.717, 1.165) is 11.9 Å². The van der Waals surface area contributed by atoms with Gasteiger partial charge in [-0.3, -0.25) is 19.7 Å². The van der Waals surface area contributed by atoms with Crippen LogP contribution >= 0.6 is 0 Å². The van der Waals surface area contributed by atoms with Crippen LogP contribution in [0, 0.1) is 10.1 Å². The molecule has 1 amide bonds. The van der Waals surface area contributed by atoms with Crippen molar-refractivity contribution in [2.24, 2.45) is 0 Å². The van der Waals surface area contributed by atoms with Crippen LogP contribution in [0.2, 0.25) is 0 Å². The summed E-state index contributed by atoms with van der Waals surface area (Å²) in [6.07, 6.45) is 0.965. The average Bonchev–Trinajstić information content (AvgIpc) is 2.51. The molecule has 2 aromatic rings. The summed E-state index contributed by atoms with van der Waals surface area (Å²) in [6.45, 7) is -0.182. The maximum Gasteiger partial charge on any atom is 0.395 e. The van der Waals surface area contributed by atoms with E-state index in [1.54, 1.807) is 0 Å². The first kappa shape index (κ1) is 15.2. The second-order valence-electron chi connectivity index (χ2n) is 4.19. The zero-order valence-electron chi connectivity index (χ0n) is 11.3. The molecule has 0 saturated heterocycles. The largest absolute Gasteiger partial charge is 0.463 e. The monoisotopic (exact) mass is 304 g/mol. The molecule has 9 heteroatoms. The van der Waals surface area contributed by atoms with Crippen molar-refractivity contribution < 1.29 is 14.5 Å². The van der Waals surface area contributed by atoms with E-state index in [-0.39, 0.29) is 0 Å². The van der Waals surface area contributed by atoms with Crippen LogP contribution in [0.1, 0.15) is 5.56 Å². The average molecular weight is 304 g/mol. The Bertz CT molecular complexity index is 729. The van der Waals surface area contributed by atoms with Crippen LogP contribution < -0.4 is 15.6 Å². The van der Waals surface area contributed by atoms with Crippen molar-refractivity contribution in [3.63, 3.8) is 0 Å². The number of H-pyrrole nitrogens is 1. The minimum Gasteiger partial charge on any atom is -0.463 e. The Morgan fingerprint density at radius 1 is 1.36 bits per heavy atom. The molecular weight excluding hydrogens is 292 g/mol. The first-order valence-corrected chi connectivity index (χ1v) is 6.23. The number of hydrogen-bond acceptors (Lipinski definition) is 6. The van der Waals surface area contributed by atoms with Gasteiger partial charge in [0, 0.05) is 6.54 Å². The van der Waals surface area contributed by atoms with Gasteiger partial charge in [0.15, 0.2) is 6.61 Å². The summed E-state index contributed by atoms with van der Waals surface area (Å²) in [5.74, 6) is -0.983. The van der Waals surface area contributed by atoms with Gasteiger partial charge in [0.25, 0.3) is 5.91 Å². The Kier molecular flexibility index (Phi) is 4.81. The number of benzene rings is 1. The Labute approximate surface area is 124 Å². The number of ether oxygens (including phenoxy) is 1. The molecule has 0 radical (unpaired) electrons. The summed E-state index contributed by atoms with van der Waals surface area (Å²) in [7, 11) is 0. The standard InChI is InChI=1S/C13H12N4O5/c18-10(14-6-9-4-2-1-3-5-9)7-22-13-11(17(20)21)12(19)15-8-16-13/h1-5,8H,6-7H2,(H,14,18)(H,15,16,19). The molecule has 2 N–H and O–H groups in total. The minimum atomic E-state index is -0.945. The van der Waals surface area contributed by atoms with E-state index in [4.69, 9.17) is 4.74 Å². The zero-order valence-corrected chi connectivity index (χ0v) is 11.3. The Balaban J connectivity index is 1.93. The molecule has 1 aromatic carbocycles. The third-order valence-electron chi connectivity index (χ3n) is 2.65. The number of amides is 1. The normalized spacial score (nSPS) is 10.0. The van der Waals surface area contributed by atoms with Crippen LogP contribution in [-0.2, 0) is 11.3 Å². The molecule has 0 unspecified atom stereocenters. The van der Waals surface area contributed by atoms with Crippen molar-refractivity contribution >= 4 is 11.6 Å². The van der Waals surface area contributed by atoms with E-state index in [9.17, 15) is 19.7 Å². The Morgan fingerprint density at radius 2 is 2.09 bits per heavy atom. The van der Waals surface area contributed by atoms with E-state index in [2.05, 4.69) is 15.3 Å². The molecule has 0 aliphatic rings. The zero-order chi connectivity index (χ0) is 15.9. The number of nitrogens with one attached hydrogen (secondary N) is 2. The Morgan fingerprint density at radius 3 is 2.77 bits per heavy atom. The van der Waals surface area contributed by atoms with Crippen LogP contribution in [0.4, 0.5) is 5.69 Å². The second-order valence-corrected chi connectivity index (χ2v) is 4.19. The predicted octanol–water partition coefficient (Wildman–Crippen LogP) is 0.373. The van der Waals surface area contributed by atoms with Crippen LogP contribution in [-0.4, -0.2) is 27.4 Å². The highest BCUT2D eigenvalue weighted by molar-refractivity contribution is 5.77. The molecule has 2 rings (SSSR count). The van der Waals surface area contributed by atoms with Crippen LogP contribution in [0.15, 0.2) is 41.5 Å².